The smallest absolute Gasteiger partial charge is 0.141 e. The average molecular weight is 311 g/mol. The van der Waals surface area contributed by atoms with Crippen molar-refractivity contribution in [3.63, 3.8) is 0 Å². The van der Waals surface area contributed by atoms with E-state index in [-0.39, 0.29) is 0 Å². The Hall–Kier alpha value is -1.29. The minimum atomic E-state index is 0.306. The van der Waals surface area contributed by atoms with Gasteiger partial charge in [-0.15, -0.1) is 0 Å². The molecule has 5 heteroatoms. The molecule has 2 aromatic rings. The van der Waals surface area contributed by atoms with E-state index in [1.54, 1.807) is 18.2 Å². The normalized spacial score (nSPS) is 10.6. The highest BCUT2D eigenvalue weighted by atomic mass is 35.5. The maximum absolute atomic E-state index is 6.12. The molecule has 1 aromatic heterocycles. The van der Waals surface area contributed by atoms with E-state index in [9.17, 15) is 0 Å². The fourth-order valence-electron chi connectivity index (χ4n) is 1.87. The summed E-state index contributed by atoms with van der Waals surface area (Å²) in [5.74, 6) is 0.719. The summed E-state index contributed by atoms with van der Waals surface area (Å²) in [7, 11) is 0. The van der Waals surface area contributed by atoms with E-state index in [0.717, 1.165) is 22.7 Å². The molecule has 0 spiro atoms. The van der Waals surface area contributed by atoms with Gasteiger partial charge >= 0.3 is 0 Å². The second-order valence-electron chi connectivity index (χ2n) is 4.43. The van der Waals surface area contributed by atoms with E-state index in [0.29, 0.717) is 29.6 Å². The van der Waals surface area contributed by atoms with Crippen molar-refractivity contribution in [1.82, 2.24) is 4.98 Å². The number of aromatic nitrogens is 1. The third kappa shape index (κ3) is 3.63. The van der Waals surface area contributed by atoms with Gasteiger partial charge in [-0.25, -0.2) is 0 Å². The fraction of sp³-hybridized carbons (Fsp3) is 0.267. The van der Waals surface area contributed by atoms with Gasteiger partial charge < -0.3 is 10.5 Å². The summed E-state index contributed by atoms with van der Waals surface area (Å²) in [6.07, 6.45) is 0.674. The number of halogens is 2. The van der Waals surface area contributed by atoms with Gasteiger partial charge in [0.05, 0.1) is 5.69 Å². The molecule has 3 nitrogen and oxygen atoms in total. The lowest BCUT2D eigenvalue weighted by Gasteiger charge is -2.12. The van der Waals surface area contributed by atoms with Crippen molar-refractivity contribution in [3.8, 4) is 5.75 Å². The molecule has 0 aliphatic rings. The molecule has 2 rings (SSSR count). The lowest BCUT2D eigenvalue weighted by molar-refractivity contribution is 0.301. The Morgan fingerprint density at radius 3 is 2.50 bits per heavy atom. The summed E-state index contributed by atoms with van der Waals surface area (Å²) in [6, 6.07) is 9.20. The summed E-state index contributed by atoms with van der Waals surface area (Å²) < 4.78 is 5.81. The second kappa shape index (κ2) is 6.93. The molecule has 1 heterocycles. The van der Waals surface area contributed by atoms with Crippen molar-refractivity contribution in [1.29, 1.82) is 0 Å². The van der Waals surface area contributed by atoms with Crippen LogP contribution in [0.1, 0.15) is 17.0 Å². The minimum Gasteiger partial charge on any atom is -0.487 e. The van der Waals surface area contributed by atoms with Crippen LogP contribution < -0.4 is 10.5 Å². The predicted molar refractivity (Wildman–Crippen MR) is 82.5 cm³/mol. The number of nitrogens with zero attached hydrogens (tertiary/aromatic N) is 1. The molecule has 106 valence electrons. The van der Waals surface area contributed by atoms with Crippen molar-refractivity contribution >= 4 is 23.2 Å². The first-order valence-electron chi connectivity index (χ1n) is 6.34. The molecule has 0 unspecified atom stereocenters. The lowest BCUT2D eigenvalue weighted by atomic mass is 10.2. The maximum atomic E-state index is 6.12. The van der Waals surface area contributed by atoms with Crippen LogP contribution in [0.5, 0.6) is 5.75 Å². The third-order valence-electron chi connectivity index (χ3n) is 2.89. The molecule has 1 aromatic carbocycles. The molecule has 0 amide bonds. The first kappa shape index (κ1) is 15.1. The summed E-state index contributed by atoms with van der Waals surface area (Å²) in [6.45, 7) is 2.77. The first-order valence-corrected chi connectivity index (χ1v) is 7.09. The largest absolute Gasteiger partial charge is 0.487 e. The van der Waals surface area contributed by atoms with Gasteiger partial charge in [0, 0.05) is 27.7 Å². The van der Waals surface area contributed by atoms with Gasteiger partial charge in [0.1, 0.15) is 12.4 Å². The molecular weight excluding hydrogens is 295 g/mol. The zero-order chi connectivity index (χ0) is 14.5. The molecule has 0 fully saturated rings. The highest BCUT2D eigenvalue weighted by Crippen LogP contribution is 2.26. The number of nitrogens with two attached hydrogens (primary N) is 1. The summed E-state index contributed by atoms with van der Waals surface area (Å²) in [5, 5.41) is 1.19. The number of aryl methyl sites for hydroxylation is 1. The number of hydrogen-bond acceptors (Lipinski definition) is 3. The summed E-state index contributed by atoms with van der Waals surface area (Å²) in [4.78, 5) is 4.45. The van der Waals surface area contributed by atoms with Gasteiger partial charge in [0.15, 0.2) is 0 Å². The Bertz CT molecular complexity index is 582. The van der Waals surface area contributed by atoms with Gasteiger partial charge in [-0.2, -0.15) is 0 Å². The van der Waals surface area contributed by atoms with Crippen molar-refractivity contribution in [3.05, 3.63) is 57.3 Å². The molecule has 0 aliphatic carbocycles. The predicted octanol–water partition coefficient (Wildman–Crippen LogP) is 3.78. The number of benzene rings is 1. The van der Waals surface area contributed by atoms with Crippen molar-refractivity contribution in [2.75, 3.05) is 6.54 Å². The number of hydrogen-bond donors (Lipinski definition) is 1. The Labute approximate surface area is 128 Å². The van der Waals surface area contributed by atoms with E-state index >= 15 is 0 Å². The Morgan fingerprint density at radius 1 is 1.15 bits per heavy atom. The molecule has 0 atom stereocenters. The highest BCUT2D eigenvalue weighted by molar-refractivity contribution is 6.35. The van der Waals surface area contributed by atoms with Crippen LogP contribution in [0, 0.1) is 6.92 Å². The van der Waals surface area contributed by atoms with Crippen LogP contribution >= 0.6 is 23.2 Å². The van der Waals surface area contributed by atoms with E-state index < -0.39 is 0 Å². The van der Waals surface area contributed by atoms with E-state index in [2.05, 4.69) is 4.98 Å². The maximum Gasteiger partial charge on any atom is 0.141 e. The zero-order valence-corrected chi connectivity index (χ0v) is 12.7. The Balaban J connectivity index is 2.18. The van der Waals surface area contributed by atoms with E-state index in [1.165, 1.54) is 0 Å². The topological polar surface area (TPSA) is 48.1 Å². The van der Waals surface area contributed by atoms with Crippen LogP contribution in [0.15, 0.2) is 30.3 Å². The van der Waals surface area contributed by atoms with Crippen molar-refractivity contribution in [2.45, 2.75) is 20.0 Å². The first-order chi connectivity index (χ1) is 9.61. The molecular formula is C15H16Cl2N2O. The average Bonchev–Trinajstić information content (AvgIpc) is 2.40. The van der Waals surface area contributed by atoms with Gasteiger partial charge in [-0.3, -0.25) is 4.98 Å². The van der Waals surface area contributed by atoms with Gasteiger partial charge in [0.2, 0.25) is 0 Å². The van der Waals surface area contributed by atoms with Crippen molar-refractivity contribution < 1.29 is 4.74 Å². The second-order valence-corrected chi connectivity index (χ2v) is 5.24. The lowest BCUT2D eigenvalue weighted by Crippen LogP contribution is -2.08. The minimum absolute atomic E-state index is 0.306. The van der Waals surface area contributed by atoms with Gasteiger partial charge in [-0.05, 0) is 37.7 Å². The summed E-state index contributed by atoms with van der Waals surface area (Å²) in [5.41, 5.74) is 8.17. The van der Waals surface area contributed by atoms with Crippen LogP contribution in [0.4, 0.5) is 0 Å². The SMILES string of the molecule is Cc1ccc(OCc2c(Cl)cccc2Cl)c(CCN)n1. The molecule has 0 radical (unpaired) electrons. The molecule has 0 aliphatic heterocycles. The van der Waals surface area contributed by atoms with Crippen LogP contribution in [0.25, 0.3) is 0 Å². The third-order valence-corrected chi connectivity index (χ3v) is 3.59. The number of ether oxygens (including phenoxy) is 1. The molecule has 0 saturated heterocycles. The van der Waals surface area contributed by atoms with Gasteiger partial charge in [-0.1, -0.05) is 29.3 Å². The highest BCUT2D eigenvalue weighted by Gasteiger charge is 2.09. The van der Waals surface area contributed by atoms with Crippen molar-refractivity contribution in [2.24, 2.45) is 5.73 Å². The Kier molecular flexibility index (Phi) is 5.24. The zero-order valence-electron chi connectivity index (χ0n) is 11.2. The van der Waals surface area contributed by atoms with Gasteiger partial charge in [0.25, 0.3) is 0 Å². The number of rotatable bonds is 5. The monoisotopic (exact) mass is 310 g/mol. The number of pyridine rings is 1. The van der Waals surface area contributed by atoms with Crippen LogP contribution in [0.3, 0.4) is 0 Å². The molecule has 20 heavy (non-hydrogen) atoms. The fourth-order valence-corrected chi connectivity index (χ4v) is 2.37. The van der Waals surface area contributed by atoms with Crippen LogP contribution in [0.2, 0.25) is 10.0 Å². The van der Waals surface area contributed by atoms with E-state index in [4.69, 9.17) is 33.7 Å². The Morgan fingerprint density at radius 2 is 1.85 bits per heavy atom. The van der Waals surface area contributed by atoms with Crippen LogP contribution in [-0.4, -0.2) is 11.5 Å². The molecule has 0 saturated carbocycles. The molecule has 2 N–H and O–H groups in total. The quantitative estimate of drug-likeness (QED) is 0.914. The molecule has 0 bridgehead atoms. The summed E-state index contributed by atoms with van der Waals surface area (Å²) >= 11 is 12.2. The van der Waals surface area contributed by atoms with E-state index in [1.807, 2.05) is 19.1 Å². The standard InChI is InChI=1S/C15H16Cl2N2O/c1-10-5-6-15(14(19-10)7-8-18)20-9-11-12(16)3-2-4-13(11)17/h2-6H,7-9,18H2,1H3. The van der Waals surface area contributed by atoms with Crippen LogP contribution in [-0.2, 0) is 13.0 Å².